The normalized spacial score (nSPS) is 22.8. The number of ether oxygens (including phenoxy) is 2. The number of aliphatic hydroxyl groups is 1. The van der Waals surface area contributed by atoms with Crippen molar-refractivity contribution in [2.24, 2.45) is 0 Å². The maximum atomic E-state index is 12.7. The molecule has 1 heterocycles. The molecule has 0 aliphatic carbocycles. The first-order valence-electron chi connectivity index (χ1n) is 8.72. The number of halogens is 3. The number of carbonyl (C=O) groups excluding carboxylic acids is 1. The van der Waals surface area contributed by atoms with Gasteiger partial charge in [0.2, 0.25) is 0 Å². The van der Waals surface area contributed by atoms with E-state index in [0.29, 0.717) is 5.56 Å². The minimum atomic E-state index is -4.41. The van der Waals surface area contributed by atoms with Crippen LogP contribution in [0.15, 0.2) is 24.3 Å². The third kappa shape index (κ3) is 5.13. The van der Waals surface area contributed by atoms with Crippen molar-refractivity contribution in [1.29, 1.82) is 0 Å². The van der Waals surface area contributed by atoms with E-state index < -0.39 is 41.3 Å². The molecule has 5 nitrogen and oxygen atoms in total. The predicted molar refractivity (Wildman–Crippen MR) is 93.0 cm³/mol. The van der Waals surface area contributed by atoms with Gasteiger partial charge in [-0.05, 0) is 58.7 Å². The predicted octanol–water partition coefficient (Wildman–Crippen LogP) is 3.98. The zero-order valence-corrected chi connectivity index (χ0v) is 16.1. The van der Waals surface area contributed by atoms with Gasteiger partial charge in [-0.1, -0.05) is 12.1 Å². The zero-order valence-electron chi connectivity index (χ0n) is 16.1. The summed E-state index contributed by atoms with van der Waals surface area (Å²) in [5, 5.41) is 9.68. The molecule has 152 valence electrons. The minimum absolute atomic E-state index is 0.228. The molecule has 0 unspecified atom stereocenters. The summed E-state index contributed by atoms with van der Waals surface area (Å²) in [6.07, 6.45) is -5.45. The lowest BCUT2D eigenvalue weighted by atomic mass is 9.99. The van der Waals surface area contributed by atoms with Crippen LogP contribution in [0, 0.1) is 0 Å². The van der Waals surface area contributed by atoms with Gasteiger partial charge in [-0.3, -0.25) is 4.90 Å². The van der Waals surface area contributed by atoms with Crippen molar-refractivity contribution in [3.63, 3.8) is 0 Å². The summed E-state index contributed by atoms with van der Waals surface area (Å²) in [7, 11) is 0. The Balaban J connectivity index is 2.28. The van der Waals surface area contributed by atoms with Crippen LogP contribution < -0.4 is 0 Å². The highest BCUT2D eigenvalue weighted by Crippen LogP contribution is 2.36. The molecular weight excluding hydrogens is 363 g/mol. The van der Waals surface area contributed by atoms with E-state index in [-0.39, 0.29) is 13.0 Å². The molecule has 27 heavy (non-hydrogen) atoms. The van der Waals surface area contributed by atoms with Crippen LogP contribution in [0.5, 0.6) is 0 Å². The van der Waals surface area contributed by atoms with Gasteiger partial charge in [0.05, 0.1) is 18.2 Å². The van der Waals surface area contributed by atoms with E-state index in [1.165, 1.54) is 17.0 Å². The van der Waals surface area contributed by atoms with Crippen molar-refractivity contribution in [3.05, 3.63) is 35.4 Å². The number of benzene rings is 1. The smallest absolute Gasteiger partial charge is 0.416 e. The number of alkyl halides is 3. The van der Waals surface area contributed by atoms with Gasteiger partial charge in [0.1, 0.15) is 17.4 Å². The first-order valence-corrected chi connectivity index (χ1v) is 8.72. The van der Waals surface area contributed by atoms with Crippen LogP contribution >= 0.6 is 0 Å². The van der Waals surface area contributed by atoms with Crippen LogP contribution in [0.3, 0.4) is 0 Å². The molecule has 0 aromatic heterocycles. The van der Waals surface area contributed by atoms with Crippen molar-refractivity contribution in [3.8, 4) is 0 Å². The van der Waals surface area contributed by atoms with E-state index in [1.54, 1.807) is 34.6 Å². The van der Waals surface area contributed by atoms with Crippen LogP contribution in [-0.4, -0.2) is 46.2 Å². The summed E-state index contributed by atoms with van der Waals surface area (Å²) in [6.45, 7) is 8.27. The Morgan fingerprint density at radius 2 is 1.78 bits per heavy atom. The maximum absolute atomic E-state index is 12.7. The monoisotopic (exact) mass is 389 g/mol. The van der Waals surface area contributed by atoms with Gasteiger partial charge < -0.3 is 14.6 Å². The van der Waals surface area contributed by atoms with E-state index in [0.717, 1.165) is 12.1 Å². The fraction of sp³-hybridized carbons (Fsp3) is 0.632. The van der Waals surface area contributed by atoms with E-state index in [9.17, 15) is 23.1 Å². The van der Waals surface area contributed by atoms with Crippen LogP contribution in [-0.2, 0) is 22.1 Å². The van der Waals surface area contributed by atoms with Crippen LogP contribution in [0.2, 0.25) is 0 Å². The number of aliphatic hydroxyl groups excluding tert-OH is 1. The molecular formula is C19H26F3NO4. The van der Waals surface area contributed by atoms with Crippen molar-refractivity contribution in [2.75, 3.05) is 6.61 Å². The quantitative estimate of drug-likeness (QED) is 0.850. The molecule has 1 aliphatic rings. The summed E-state index contributed by atoms with van der Waals surface area (Å²) in [5.74, 6) is 0. The fourth-order valence-corrected chi connectivity index (χ4v) is 3.19. The number of carbonyl (C=O) groups is 1. The van der Waals surface area contributed by atoms with E-state index in [2.05, 4.69) is 0 Å². The van der Waals surface area contributed by atoms with Crippen LogP contribution in [0.4, 0.5) is 18.0 Å². The molecule has 2 rings (SSSR count). The summed E-state index contributed by atoms with van der Waals surface area (Å²) in [4.78, 5) is 14.1. The number of hydrogen-bond acceptors (Lipinski definition) is 4. The molecule has 0 radical (unpaired) electrons. The topological polar surface area (TPSA) is 59.0 Å². The summed E-state index contributed by atoms with van der Waals surface area (Å²) in [6, 6.07) is 4.17. The van der Waals surface area contributed by atoms with Crippen LogP contribution in [0.25, 0.3) is 0 Å². The summed E-state index contributed by atoms with van der Waals surface area (Å²) in [5.41, 5.74) is -1.88. The summed E-state index contributed by atoms with van der Waals surface area (Å²) >= 11 is 0. The van der Waals surface area contributed by atoms with Gasteiger partial charge in [-0.25, -0.2) is 4.79 Å². The Labute approximate surface area is 157 Å². The van der Waals surface area contributed by atoms with Crippen LogP contribution in [0.1, 0.15) is 45.7 Å². The number of rotatable bonds is 3. The van der Waals surface area contributed by atoms with E-state index >= 15 is 0 Å². The zero-order chi connectivity index (χ0) is 20.6. The maximum Gasteiger partial charge on any atom is 0.416 e. The fourth-order valence-electron chi connectivity index (χ4n) is 3.19. The van der Waals surface area contributed by atoms with Gasteiger partial charge in [0.15, 0.2) is 0 Å². The average molecular weight is 389 g/mol. The van der Waals surface area contributed by atoms with Gasteiger partial charge >= 0.3 is 12.3 Å². The first-order chi connectivity index (χ1) is 12.2. The van der Waals surface area contributed by atoms with Gasteiger partial charge in [-0.15, -0.1) is 0 Å². The van der Waals surface area contributed by atoms with Gasteiger partial charge in [0.25, 0.3) is 0 Å². The molecule has 0 bridgehead atoms. The SMILES string of the molecule is CC(C)(C)OC(=O)N1[C@@H](Cc2ccc(C(F)(F)F)cc2)[C@@H](CO)OC1(C)C. The van der Waals surface area contributed by atoms with E-state index in [4.69, 9.17) is 9.47 Å². The average Bonchev–Trinajstić information content (AvgIpc) is 2.75. The van der Waals surface area contributed by atoms with E-state index in [1.807, 2.05) is 0 Å². The highest BCUT2D eigenvalue weighted by atomic mass is 19.4. The largest absolute Gasteiger partial charge is 0.444 e. The second kappa shape index (κ2) is 7.31. The Bertz CT molecular complexity index is 665. The third-order valence-electron chi connectivity index (χ3n) is 4.28. The molecule has 1 amide bonds. The second-order valence-corrected chi connectivity index (χ2v) is 8.10. The molecule has 1 aliphatic heterocycles. The molecule has 0 spiro atoms. The molecule has 0 saturated carbocycles. The van der Waals surface area contributed by atoms with Crippen molar-refractivity contribution >= 4 is 6.09 Å². The lowest BCUT2D eigenvalue weighted by Crippen LogP contribution is -2.51. The lowest BCUT2D eigenvalue weighted by Gasteiger charge is -2.35. The Kier molecular flexibility index (Phi) is 5.82. The number of hydrogen-bond donors (Lipinski definition) is 1. The number of amides is 1. The lowest BCUT2D eigenvalue weighted by molar-refractivity contribution is -0.137. The standard InChI is InChI=1S/C19H26F3NO4/c1-17(2,3)27-16(25)23-14(15(11-24)26-18(23,4)5)10-12-6-8-13(9-7-12)19(20,21)22/h6-9,14-15,24H,10-11H2,1-5H3/t14-,15+/m0/s1. The molecule has 1 fully saturated rings. The third-order valence-corrected chi connectivity index (χ3v) is 4.28. The Morgan fingerprint density at radius 1 is 1.22 bits per heavy atom. The molecule has 1 aromatic carbocycles. The van der Waals surface area contributed by atoms with Crippen molar-refractivity contribution < 1.29 is 32.5 Å². The molecule has 8 heteroatoms. The Morgan fingerprint density at radius 3 is 2.22 bits per heavy atom. The minimum Gasteiger partial charge on any atom is -0.444 e. The highest BCUT2D eigenvalue weighted by Gasteiger charge is 2.50. The Hall–Kier alpha value is -1.80. The van der Waals surface area contributed by atoms with Crippen molar-refractivity contribution in [1.82, 2.24) is 4.90 Å². The summed E-state index contributed by atoms with van der Waals surface area (Å²) < 4.78 is 49.5. The molecule has 1 N–H and O–H groups in total. The second-order valence-electron chi connectivity index (χ2n) is 8.10. The highest BCUT2D eigenvalue weighted by molar-refractivity contribution is 5.70. The molecule has 1 aromatic rings. The van der Waals surface area contributed by atoms with Gasteiger partial charge in [0, 0.05) is 0 Å². The van der Waals surface area contributed by atoms with Crippen molar-refractivity contribution in [2.45, 2.75) is 70.7 Å². The number of nitrogens with zero attached hydrogens (tertiary/aromatic N) is 1. The van der Waals surface area contributed by atoms with Gasteiger partial charge in [-0.2, -0.15) is 13.2 Å². The molecule has 1 saturated heterocycles. The molecule has 2 atom stereocenters. The first kappa shape index (κ1) is 21.5.